The summed E-state index contributed by atoms with van der Waals surface area (Å²) in [6.07, 6.45) is 7.71. The van der Waals surface area contributed by atoms with Gasteiger partial charge in [-0.05, 0) is 57.2 Å². The van der Waals surface area contributed by atoms with E-state index in [1.165, 1.54) is 12.8 Å². The average Bonchev–Trinajstić information content (AvgIpc) is 3.64. The minimum atomic E-state index is -0.232. The molecule has 4 aliphatic rings. The van der Waals surface area contributed by atoms with Gasteiger partial charge in [-0.1, -0.05) is 19.8 Å². The number of methoxy groups -OCH3 is 1. The van der Waals surface area contributed by atoms with Crippen LogP contribution in [-0.4, -0.2) is 91.2 Å². The Morgan fingerprint density at radius 2 is 1.88 bits per heavy atom. The minimum Gasteiger partial charge on any atom is -0.495 e. The van der Waals surface area contributed by atoms with Crippen molar-refractivity contribution in [2.75, 3.05) is 60.4 Å². The smallest absolute Gasteiger partial charge is 0.249 e. The van der Waals surface area contributed by atoms with E-state index in [0.717, 1.165) is 61.5 Å². The largest absolute Gasteiger partial charge is 0.495 e. The van der Waals surface area contributed by atoms with Crippen molar-refractivity contribution >= 4 is 40.6 Å². The number of likely N-dealkylation sites (N-methyl/N-ethyl adjacent to an activating group) is 1. The zero-order valence-electron chi connectivity index (χ0n) is 25.5. The number of fused-ring (bicyclic) bond motifs is 2. The third-order valence-corrected chi connectivity index (χ3v) is 9.25. The maximum absolute atomic E-state index is 13.5. The van der Waals surface area contributed by atoms with Crippen LogP contribution in [0.4, 0.5) is 28.8 Å². The highest BCUT2D eigenvalue weighted by molar-refractivity contribution is 6.04. The van der Waals surface area contributed by atoms with E-state index in [0.29, 0.717) is 48.6 Å². The van der Waals surface area contributed by atoms with E-state index in [-0.39, 0.29) is 17.9 Å². The summed E-state index contributed by atoms with van der Waals surface area (Å²) in [6, 6.07) is 4.79. The molecule has 0 spiro atoms. The fraction of sp³-hybridized carbons (Fsp3) is 0.613. The summed E-state index contributed by atoms with van der Waals surface area (Å²) < 4.78 is 5.76. The van der Waals surface area contributed by atoms with E-state index in [1.54, 1.807) is 18.2 Å². The van der Waals surface area contributed by atoms with Gasteiger partial charge < -0.3 is 30.1 Å². The molecule has 1 aliphatic carbocycles. The van der Waals surface area contributed by atoms with Crippen molar-refractivity contribution < 1.29 is 14.3 Å². The molecule has 1 aromatic carbocycles. The molecule has 0 unspecified atom stereocenters. The maximum Gasteiger partial charge on any atom is 0.249 e. The Labute approximate surface area is 248 Å². The molecule has 3 atom stereocenters. The highest BCUT2D eigenvalue weighted by Gasteiger charge is 2.41. The van der Waals surface area contributed by atoms with Gasteiger partial charge in [-0.3, -0.25) is 14.5 Å². The standard InChI is InChI=1S/C31H44N8O3/c1-6-24-30(41)36(4)26-15-32-31(35-29(26)39(24)22-9-7-8-10-22)34-23-14-25-21(13-27(23)42-5)11-12-38(25)28(40)18-37-16-19(2)33-20(3)17-37/h13-15,19-20,22,24,33H,6-12,16-18H2,1-5H3,(H,32,34,35)/t19-,20+,24-/m1/s1. The van der Waals surface area contributed by atoms with Gasteiger partial charge in [-0.15, -0.1) is 0 Å². The molecule has 2 aromatic rings. The highest BCUT2D eigenvalue weighted by atomic mass is 16.5. The number of aromatic nitrogens is 2. The third-order valence-electron chi connectivity index (χ3n) is 9.25. The van der Waals surface area contributed by atoms with E-state index >= 15 is 0 Å². The summed E-state index contributed by atoms with van der Waals surface area (Å²) in [5.74, 6) is 2.12. The summed E-state index contributed by atoms with van der Waals surface area (Å²) >= 11 is 0. The van der Waals surface area contributed by atoms with Crippen molar-refractivity contribution in [3.8, 4) is 5.75 Å². The van der Waals surface area contributed by atoms with Crippen LogP contribution in [0.2, 0.25) is 0 Å². The summed E-state index contributed by atoms with van der Waals surface area (Å²) in [5, 5.41) is 6.93. The van der Waals surface area contributed by atoms with Gasteiger partial charge in [0, 0.05) is 50.5 Å². The number of amides is 2. The number of nitrogens with zero attached hydrogens (tertiary/aromatic N) is 6. The monoisotopic (exact) mass is 576 g/mol. The summed E-state index contributed by atoms with van der Waals surface area (Å²) in [6.45, 7) is 9.17. The molecule has 11 heteroatoms. The van der Waals surface area contributed by atoms with Crippen LogP contribution in [0.25, 0.3) is 0 Å². The summed E-state index contributed by atoms with van der Waals surface area (Å²) in [7, 11) is 3.46. The van der Waals surface area contributed by atoms with Gasteiger partial charge >= 0.3 is 0 Å². The number of hydrogen-bond acceptors (Lipinski definition) is 9. The van der Waals surface area contributed by atoms with Gasteiger partial charge in [-0.25, -0.2) is 4.98 Å². The Bertz CT molecular complexity index is 1340. The van der Waals surface area contributed by atoms with Gasteiger partial charge in [0.25, 0.3) is 0 Å². The Morgan fingerprint density at radius 3 is 2.57 bits per heavy atom. The van der Waals surface area contributed by atoms with E-state index < -0.39 is 0 Å². The highest BCUT2D eigenvalue weighted by Crippen LogP contribution is 2.42. The molecule has 2 amide bonds. The second-order valence-electron chi connectivity index (χ2n) is 12.3. The molecule has 42 heavy (non-hydrogen) atoms. The number of ether oxygens (including phenoxy) is 1. The number of hydrogen-bond donors (Lipinski definition) is 2. The van der Waals surface area contributed by atoms with E-state index in [4.69, 9.17) is 9.72 Å². The van der Waals surface area contributed by atoms with Crippen LogP contribution < -0.4 is 30.1 Å². The molecule has 3 aliphatic heterocycles. The van der Waals surface area contributed by atoms with Crippen LogP contribution in [0.3, 0.4) is 0 Å². The van der Waals surface area contributed by atoms with E-state index in [1.807, 2.05) is 24.1 Å². The molecule has 1 saturated heterocycles. The zero-order chi connectivity index (χ0) is 29.5. The first kappa shape index (κ1) is 28.7. The first-order valence-corrected chi connectivity index (χ1v) is 15.5. The van der Waals surface area contributed by atoms with Gasteiger partial charge in [0.15, 0.2) is 5.82 Å². The topological polar surface area (TPSA) is 106 Å². The molecule has 11 nitrogen and oxygen atoms in total. The number of carbonyl (C=O) groups excluding carboxylic acids is 2. The van der Waals surface area contributed by atoms with Gasteiger partial charge in [-0.2, -0.15) is 4.98 Å². The Morgan fingerprint density at radius 1 is 1.14 bits per heavy atom. The molecule has 0 radical (unpaired) electrons. The Balaban J connectivity index is 1.28. The third kappa shape index (κ3) is 5.28. The molecule has 226 valence electrons. The van der Waals surface area contributed by atoms with Crippen molar-refractivity contribution in [2.45, 2.75) is 83.5 Å². The van der Waals surface area contributed by atoms with Crippen molar-refractivity contribution in [1.82, 2.24) is 20.2 Å². The molecule has 1 saturated carbocycles. The SMILES string of the molecule is CC[C@@H]1C(=O)N(C)c2cnc(Nc3cc4c(cc3OC)CCN4C(=O)CN3C[C@@H](C)N[C@@H](C)C3)nc2N1C1CCCC1. The Kier molecular flexibility index (Phi) is 7.97. The average molecular weight is 577 g/mol. The lowest BCUT2D eigenvalue weighted by atomic mass is 10.0. The van der Waals surface area contributed by atoms with Crippen molar-refractivity contribution in [3.05, 3.63) is 23.9 Å². The van der Waals surface area contributed by atoms with Gasteiger partial charge in [0.1, 0.15) is 17.5 Å². The fourth-order valence-corrected chi connectivity index (χ4v) is 7.35. The minimum absolute atomic E-state index is 0.0935. The first-order valence-electron chi connectivity index (χ1n) is 15.5. The number of rotatable bonds is 7. The Hall–Kier alpha value is -3.44. The number of anilines is 5. The number of nitrogens with one attached hydrogen (secondary N) is 2. The predicted molar refractivity (Wildman–Crippen MR) is 165 cm³/mol. The molecule has 6 rings (SSSR count). The van der Waals surface area contributed by atoms with Crippen LogP contribution in [0.1, 0.15) is 58.4 Å². The number of piperazine rings is 1. The van der Waals surface area contributed by atoms with Crippen molar-refractivity contribution in [1.29, 1.82) is 0 Å². The van der Waals surface area contributed by atoms with Gasteiger partial charge in [0.05, 0.1) is 25.5 Å². The zero-order valence-corrected chi connectivity index (χ0v) is 25.5. The molecule has 2 fully saturated rings. The molecule has 0 bridgehead atoms. The number of carbonyl (C=O) groups is 2. The quantitative estimate of drug-likeness (QED) is 0.514. The van der Waals surface area contributed by atoms with Crippen molar-refractivity contribution in [3.63, 3.8) is 0 Å². The lowest BCUT2D eigenvalue weighted by molar-refractivity contribution is -0.120. The van der Waals surface area contributed by atoms with Crippen molar-refractivity contribution in [2.24, 2.45) is 0 Å². The molecule has 4 heterocycles. The number of benzene rings is 1. The van der Waals surface area contributed by atoms with E-state index in [2.05, 4.69) is 46.2 Å². The molecule has 1 aromatic heterocycles. The fourth-order valence-electron chi connectivity index (χ4n) is 7.35. The second kappa shape index (κ2) is 11.7. The van der Waals surface area contributed by atoms with Crippen LogP contribution in [0, 0.1) is 0 Å². The lowest BCUT2D eigenvalue weighted by Crippen LogP contribution is -2.56. The molecular weight excluding hydrogens is 532 g/mol. The van der Waals surface area contributed by atoms with Crippen LogP contribution in [-0.2, 0) is 16.0 Å². The predicted octanol–water partition coefficient (Wildman–Crippen LogP) is 3.30. The summed E-state index contributed by atoms with van der Waals surface area (Å²) in [5.41, 5.74) is 3.44. The normalized spacial score (nSPS) is 24.6. The lowest BCUT2D eigenvalue weighted by Gasteiger charge is -2.43. The molecule has 2 N–H and O–H groups in total. The first-order chi connectivity index (χ1) is 20.3. The van der Waals surface area contributed by atoms with Gasteiger partial charge in [0.2, 0.25) is 17.8 Å². The van der Waals surface area contributed by atoms with Crippen LogP contribution in [0.15, 0.2) is 18.3 Å². The molecular formula is C31H44N8O3. The van der Waals surface area contributed by atoms with Crippen LogP contribution >= 0.6 is 0 Å². The maximum atomic E-state index is 13.5. The van der Waals surface area contributed by atoms with E-state index in [9.17, 15) is 9.59 Å². The summed E-state index contributed by atoms with van der Waals surface area (Å²) in [4.78, 5) is 44.4. The second-order valence-corrected chi connectivity index (χ2v) is 12.3. The van der Waals surface area contributed by atoms with Crippen LogP contribution in [0.5, 0.6) is 5.75 Å².